The van der Waals surface area contributed by atoms with Gasteiger partial charge in [0.05, 0.1) is 41.5 Å². The zero-order chi connectivity index (χ0) is 29.4. The second-order valence-electron chi connectivity index (χ2n) is 9.83. The maximum atomic E-state index is 13.1. The monoisotopic (exact) mass is 562 g/mol. The molecule has 4 rings (SSSR count). The number of ether oxygens (including phenoxy) is 4. The molecule has 1 heterocycles. The number of benzene rings is 3. The zero-order valence-electron chi connectivity index (χ0n) is 24.0. The van der Waals surface area contributed by atoms with Gasteiger partial charge in [0, 0.05) is 24.8 Å². The highest BCUT2D eigenvalue weighted by Crippen LogP contribution is 2.40. The van der Waals surface area contributed by atoms with E-state index in [0.717, 1.165) is 28.8 Å². The van der Waals surface area contributed by atoms with Gasteiger partial charge in [0.2, 0.25) is 11.8 Å². The molecule has 1 unspecified atom stereocenters. The molecule has 0 aliphatic carbocycles. The molecule has 10 nitrogen and oxygen atoms in total. The van der Waals surface area contributed by atoms with Gasteiger partial charge in [0.25, 0.3) is 0 Å². The summed E-state index contributed by atoms with van der Waals surface area (Å²) < 4.78 is 22.1. The summed E-state index contributed by atoms with van der Waals surface area (Å²) in [6.45, 7) is 1.42. The van der Waals surface area contributed by atoms with Crippen LogP contribution in [0.1, 0.15) is 28.3 Å². The van der Waals surface area contributed by atoms with Gasteiger partial charge in [-0.1, -0.05) is 18.2 Å². The molecule has 218 valence electrons. The first-order valence-electron chi connectivity index (χ1n) is 13.4. The topological polar surface area (TPSA) is 124 Å². The van der Waals surface area contributed by atoms with E-state index in [1.807, 2.05) is 54.6 Å². The highest BCUT2D eigenvalue weighted by atomic mass is 16.5. The molecule has 0 saturated carbocycles. The minimum atomic E-state index is -0.427. The SMILES string of the molecule is COc1ccc(CC2c3cc(OC)c(OC)cc3CCN2CC(=O)NCc2ccc(NCC(N)=O)cc2)cc1OC. The Labute approximate surface area is 240 Å². The van der Waals surface area contributed by atoms with Crippen molar-refractivity contribution in [2.45, 2.75) is 25.4 Å². The first kappa shape index (κ1) is 29.5. The van der Waals surface area contributed by atoms with Crippen LogP contribution in [0.15, 0.2) is 54.6 Å². The standard InChI is InChI=1S/C31H38N4O6/c1-38-26-10-7-21(14-27(26)39-2)13-25-24-16-29(41-4)28(40-3)15-22(24)11-12-35(25)19-31(37)34-17-20-5-8-23(9-6-20)33-18-30(32)36/h5-10,14-16,25,33H,11-13,17-19H2,1-4H3,(H2,32,36)(H,34,37). The van der Waals surface area contributed by atoms with Gasteiger partial charge in [0.15, 0.2) is 23.0 Å². The van der Waals surface area contributed by atoms with E-state index < -0.39 is 5.91 Å². The average molecular weight is 563 g/mol. The molecule has 3 aromatic carbocycles. The molecule has 0 spiro atoms. The van der Waals surface area contributed by atoms with E-state index in [0.29, 0.717) is 42.5 Å². The van der Waals surface area contributed by atoms with Gasteiger partial charge in [-0.25, -0.2) is 0 Å². The third-order valence-electron chi connectivity index (χ3n) is 7.25. The van der Waals surface area contributed by atoms with Crippen molar-refractivity contribution < 1.29 is 28.5 Å². The van der Waals surface area contributed by atoms with Crippen LogP contribution in [0.5, 0.6) is 23.0 Å². The first-order chi connectivity index (χ1) is 19.8. The van der Waals surface area contributed by atoms with Crippen LogP contribution in [0.4, 0.5) is 5.69 Å². The molecular weight excluding hydrogens is 524 g/mol. The van der Waals surface area contributed by atoms with Crippen molar-refractivity contribution in [1.82, 2.24) is 10.2 Å². The summed E-state index contributed by atoms with van der Waals surface area (Å²) in [4.78, 5) is 26.3. The molecule has 0 fully saturated rings. The molecule has 41 heavy (non-hydrogen) atoms. The second-order valence-corrected chi connectivity index (χ2v) is 9.83. The smallest absolute Gasteiger partial charge is 0.236 e. The van der Waals surface area contributed by atoms with Gasteiger partial charge < -0.3 is 35.3 Å². The highest BCUT2D eigenvalue weighted by Gasteiger charge is 2.31. The van der Waals surface area contributed by atoms with Crippen molar-refractivity contribution in [3.8, 4) is 23.0 Å². The number of carbonyl (C=O) groups excluding carboxylic acids is 2. The number of amides is 2. The minimum absolute atomic E-state index is 0.0674. The predicted molar refractivity (Wildman–Crippen MR) is 157 cm³/mol. The fraction of sp³-hybridized carbons (Fsp3) is 0.355. The van der Waals surface area contributed by atoms with Crippen molar-refractivity contribution in [3.63, 3.8) is 0 Å². The van der Waals surface area contributed by atoms with Crippen LogP contribution in [0.25, 0.3) is 0 Å². The van der Waals surface area contributed by atoms with Gasteiger partial charge in [0.1, 0.15) is 0 Å². The van der Waals surface area contributed by atoms with Crippen LogP contribution in [0, 0.1) is 0 Å². The molecule has 0 radical (unpaired) electrons. The molecule has 0 bridgehead atoms. The van der Waals surface area contributed by atoms with Gasteiger partial charge >= 0.3 is 0 Å². The van der Waals surface area contributed by atoms with E-state index >= 15 is 0 Å². The van der Waals surface area contributed by atoms with Crippen LogP contribution < -0.4 is 35.3 Å². The molecule has 0 aromatic heterocycles. The summed E-state index contributed by atoms with van der Waals surface area (Å²) in [5.74, 6) is 2.18. The van der Waals surface area contributed by atoms with E-state index in [1.165, 1.54) is 5.56 Å². The van der Waals surface area contributed by atoms with Crippen LogP contribution in [0.3, 0.4) is 0 Å². The van der Waals surface area contributed by atoms with Crippen molar-refractivity contribution in [2.75, 3.05) is 53.4 Å². The molecule has 1 atom stereocenters. The Kier molecular flexibility index (Phi) is 9.91. The quantitative estimate of drug-likeness (QED) is 0.290. The summed E-state index contributed by atoms with van der Waals surface area (Å²) in [5.41, 5.74) is 10.3. The highest BCUT2D eigenvalue weighted by molar-refractivity contribution is 5.79. The van der Waals surface area contributed by atoms with E-state index in [-0.39, 0.29) is 25.0 Å². The molecule has 4 N–H and O–H groups in total. The van der Waals surface area contributed by atoms with Gasteiger partial charge in [-0.05, 0) is 71.5 Å². The number of hydrogen-bond acceptors (Lipinski definition) is 8. The Morgan fingerprint density at radius 1 is 0.854 bits per heavy atom. The average Bonchev–Trinajstić information content (AvgIpc) is 2.99. The maximum Gasteiger partial charge on any atom is 0.236 e. The van der Waals surface area contributed by atoms with Gasteiger partial charge in [-0.2, -0.15) is 0 Å². The number of hydrogen-bond donors (Lipinski definition) is 3. The van der Waals surface area contributed by atoms with Crippen molar-refractivity contribution in [2.24, 2.45) is 5.73 Å². The number of anilines is 1. The third-order valence-corrected chi connectivity index (χ3v) is 7.25. The first-order valence-corrected chi connectivity index (χ1v) is 13.4. The minimum Gasteiger partial charge on any atom is -0.493 e. The number of nitrogens with zero attached hydrogens (tertiary/aromatic N) is 1. The molecule has 10 heteroatoms. The molecule has 1 aliphatic heterocycles. The number of nitrogens with one attached hydrogen (secondary N) is 2. The maximum absolute atomic E-state index is 13.1. The molecule has 1 aliphatic rings. The molecule has 3 aromatic rings. The number of nitrogens with two attached hydrogens (primary N) is 1. The zero-order valence-corrected chi connectivity index (χ0v) is 24.0. The molecular formula is C31H38N4O6. The fourth-order valence-corrected chi connectivity index (χ4v) is 5.11. The summed E-state index contributed by atoms with van der Waals surface area (Å²) in [5, 5.41) is 5.99. The number of carbonyl (C=O) groups is 2. The Morgan fingerprint density at radius 3 is 2.15 bits per heavy atom. The summed E-state index contributed by atoms with van der Waals surface area (Å²) >= 11 is 0. The number of methoxy groups -OCH3 is 4. The fourth-order valence-electron chi connectivity index (χ4n) is 5.11. The lowest BCUT2D eigenvalue weighted by Crippen LogP contribution is -2.43. The van der Waals surface area contributed by atoms with Crippen LogP contribution >= 0.6 is 0 Å². The Bertz CT molecular complexity index is 1360. The molecule has 2 amide bonds. The lowest BCUT2D eigenvalue weighted by molar-refractivity contribution is -0.123. The van der Waals surface area contributed by atoms with Crippen LogP contribution in [0.2, 0.25) is 0 Å². The van der Waals surface area contributed by atoms with E-state index in [4.69, 9.17) is 24.7 Å². The molecule has 0 saturated heterocycles. The third kappa shape index (κ3) is 7.40. The Balaban J connectivity index is 1.51. The summed E-state index contributed by atoms with van der Waals surface area (Å²) in [7, 11) is 6.50. The largest absolute Gasteiger partial charge is 0.493 e. The summed E-state index contributed by atoms with van der Waals surface area (Å²) in [6.07, 6.45) is 1.45. The lowest BCUT2D eigenvalue weighted by Gasteiger charge is -2.37. The normalized spacial score (nSPS) is 14.5. The number of primary amides is 1. The Morgan fingerprint density at radius 2 is 1.49 bits per heavy atom. The second kappa shape index (κ2) is 13.8. The van der Waals surface area contributed by atoms with Crippen LogP contribution in [-0.2, 0) is 29.0 Å². The number of rotatable bonds is 13. The summed E-state index contributed by atoms with van der Waals surface area (Å²) in [6, 6.07) is 17.4. The van der Waals surface area contributed by atoms with Crippen LogP contribution in [-0.4, -0.2) is 64.8 Å². The van der Waals surface area contributed by atoms with Gasteiger partial charge in [-0.15, -0.1) is 0 Å². The van der Waals surface area contributed by atoms with Crippen molar-refractivity contribution >= 4 is 17.5 Å². The number of fused-ring (bicyclic) bond motifs is 1. The van der Waals surface area contributed by atoms with E-state index in [9.17, 15) is 9.59 Å². The van der Waals surface area contributed by atoms with E-state index in [1.54, 1.807) is 28.4 Å². The van der Waals surface area contributed by atoms with Gasteiger partial charge in [-0.3, -0.25) is 14.5 Å². The van der Waals surface area contributed by atoms with E-state index in [2.05, 4.69) is 15.5 Å². The lowest BCUT2D eigenvalue weighted by atomic mass is 9.88. The Hall–Kier alpha value is -4.44. The van der Waals surface area contributed by atoms with Crippen molar-refractivity contribution in [3.05, 3.63) is 76.9 Å². The van der Waals surface area contributed by atoms with Crippen molar-refractivity contribution in [1.29, 1.82) is 0 Å². The predicted octanol–water partition coefficient (Wildman–Crippen LogP) is 3.08.